The smallest absolute Gasteiger partial charge is 0.290 e. The van der Waals surface area contributed by atoms with Gasteiger partial charge in [0, 0.05) is 10.2 Å². The summed E-state index contributed by atoms with van der Waals surface area (Å²) in [7, 11) is 0. The van der Waals surface area contributed by atoms with Crippen molar-refractivity contribution in [1.29, 1.82) is 0 Å². The molecule has 2 aromatic rings. The van der Waals surface area contributed by atoms with Crippen molar-refractivity contribution >= 4 is 27.5 Å². The second-order valence-corrected chi connectivity index (χ2v) is 5.84. The van der Waals surface area contributed by atoms with Crippen LogP contribution in [0.4, 0.5) is 0 Å². The average Bonchev–Trinajstić information content (AvgIpc) is 2.95. The topological polar surface area (TPSA) is 69.8 Å². The standard InChI is InChI=1S/C15H17BrN4O/c1-9(2)13-8-14(19-18-13)15(21)20-17-10(3)11-4-6-12(16)7-5-11/h4-9,17H,3H2,1-2H3,(H,18,19)(H,20,21). The number of carbonyl (C=O) groups excluding carboxylic acids is 1. The van der Waals surface area contributed by atoms with Gasteiger partial charge in [-0.1, -0.05) is 48.5 Å². The van der Waals surface area contributed by atoms with Crippen molar-refractivity contribution < 1.29 is 4.79 Å². The van der Waals surface area contributed by atoms with E-state index in [9.17, 15) is 4.79 Å². The Morgan fingerprint density at radius 1 is 1.29 bits per heavy atom. The van der Waals surface area contributed by atoms with Gasteiger partial charge in [-0.05, 0) is 29.7 Å². The summed E-state index contributed by atoms with van der Waals surface area (Å²) in [6, 6.07) is 9.36. The molecule has 1 aromatic carbocycles. The first kappa shape index (κ1) is 15.3. The molecule has 0 spiro atoms. The number of hydrogen-bond donors (Lipinski definition) is 3. The van der Waals surface area contributed by atoms with Gasteiger partial charge in [-0.15, -0.1) is 0 Å². The Balaban J connectivity index is 1.94. The van der Waals surface area contributed by atoms with Gasteiger partial charge in [-0.3, -0.25) is 20.7 Å². The summed E-state index contributed by atoms with van der Waals surface area (Å²) in [5.41, 5.74) is 8.14. The zero-order valence-corrected chi connectivity index (χ0v) is 13.5. The van der Waals surface area contributed by atoms with E-state index in [0.29, 0.717) is 17.3 Å². The van der Waals surface area contributed by atoms with Crippen LogP contribution in [0.1, 0.15) is 41.5 Å². The van der Waals surface area contributed by atoms with E-state index >= 15 is 0 Å². The number of nitrogens with one attached hydrogen (secondary N) is 3. The molecule has 0 atom stereocenters. The monoisotopic (exact) mass is 348 g/mol. The SMILES string of the molecule is C=C(NNC(=O)c1cc(C(C)C)[nH]n1)c1ccc(Br)cc1. The first-order valence-corrected chi connectivity index (χ1v) is 7.33. The van der Waals surface area contributed by atoms with Gasteiger partial charge in [0.1, 0.15) is 0 Å². The number of nitrogens with zero attached hydrogens (tertiary/aromatic N) is 1. The number of hydrogen-bond acceptors (Lipinski definition) is 3. The predicted octanol–water partition coefficient (Wildman–Crippen LogP) is 3.20. The van der Waals surface area contributed by atoms with E-state index in [1.807, 2.05) is 38.1 Å². The highest BCUT2D eigenvalue weighted by Crippen LogP contribution is 2.14. The highest BCUT2D eigenvalue weighted by Gasteiger charge is 2.12. The zero-order valence-electron chi connectivity index (χ0n) is 11.9. The lowest BCUT2D eigenvalue weighted by Gasteiger charge is -2.10. The van der Waals surface area contributed by atoms with Gasteiger partial charge in [0.05, 0.1) is 5.70 Å². The molecule has 0 saturated heterocycles. The number of halogens is 1. The van der Waals surface area contributed by atoms with Crippen LogP contribution in [0.2, 0.25) is 0 Å². The lowest BCUT2D eigenvalue weighted by Crippen LogP contribution is -2.36. The number of carbonyl (C=O) groups is 1. The quantitative estimate of drug-likeness (QED) is 0.726. The maximum atomic E-state index is 12.0. The molecule has 0 saturated carbocycles. The average molecular weight is 349 g/mol. The van der Waals surface area contributed by atoms with Crippen molar-refractivity contribution in [3.63, 3.8) is 0 Å². The maximum Gasteiger partial charge on any atom is 0.290 e. The number of H-pyrrole nitrogens is 1. The second-order valence-electron chi connectivity index (χ2n) is 4.93. The van der Waals surface area contributed by atoms with Gasteiger partial charge >= 0.3 is 0 Å². The molecule has 1 amide bonds. The molecule has 1 heterocycles. The van der Waals surface area contributed by atoms with E-state index in [0.717, 1.165) is 15.7 Å². The molecule has 0 aliphatic carbocycles. The highest BCUT2D eigenvalue weighted by molar-refractivity contribution is 9.10. The van der Waals surface area contributed by atoms with Gasteiger partial charge in [0.25, 0.3) is 5.91 Å². The molecule has 6 heteroatoms. The van der Waals surface area contributed by atoms with Crippen LogP contribution in [-0.2, 0) is 0 Å². The molecule has 3 N–H and O–H groups in total. The van der Waals surface area contributed by atoms with Crippen LogP contribution in [0.25, 0.3) is 5.70 Å². The molecule has 0 aliphatic rings. The van der Waals surface area contributed by atoms with Crippen molar-refractivity contribution in [2.24, 2.45) is 0 Å². The summed E-state index contributed by atoms with van der Waals surface area (Å²) in [4.78, 5) is 12.0. The molecule has 1 aromatic heterocycles. The number of hydrazine groups is 1. The molecule has 0 unspecified atom stereocenters. The molecular weight excluding hydrogens is 332 g/mol. The van der Waals surface area contributed by atoms with Crippen LogP contribution < -0.4 is 10.9 Å². The van der Waals surface area contributed by atoms with E-state index in [-0.39, 0.29) is 5.91 Å². The Morgan fingerprint density at radius 2 is 1.95 bits per heavy atom. The first-order valence-electron chi connectivity index (χ1n) is 6.54. The number of amides is 1. The Kier molecular flexibility index (Phi) is 4.80. The van der Waals surface area contributed by atoms with Crippen molar-refractivity contribution in [2.45, 2.75) is 19.8 Å². The minimum atomic E-state index is -0.309. The molecule has 0 bridgehead atoms. The minimum Gasteiger partial charge on any atom is -0.298 e. The van der Waals surface area contributed by atoms with Gasteiger partial charge in [0.2, 0.25) is 0 Å². The van der Waals surface area contributed by atoms with E-state index in [4.69, 9.17) is 0 Å². The summed E-state index contributed by atoms with van der Waals surface area (Å²) in [6.07, 6.45) is 0. The first-order chi connectivity index (χ1) is 9.97. The molecule has 21 heavy (non-hydrogen) atoms. The summed E-state index contributed by atoms with van der Waals surface area (Å²) >= 11 is 3.37. The van der Waals surface area contributed by atoms with Gasteiger partial charge in [0.15, 0.2) is 5.69 Å². The van der Waals surface area contributed by atoms with E-state index in [1.165, 1.54) is 0 Å². The molecule has 0 fully saturated rings. The third-order valence-corrected chi connectivity index (χ3v) is 3.50. The Labute approximate surface area is 131 Å². The number of aromatic amines is 1. The summed E-state index contributed by atoms with van der Waals surface area (Å²) < 4.78 is 0.987. The van der Waals surface area contributed by atoms with Crippen LogP contribution in [-0.4, -0.2) is 16.1 Å². The van der Waals surface area contributed by atoms with Crippen molar-refractivity contribution in [2.75, 3.05) is 0 Å². The van der Waals surface area contributed by atoms with Crippen LogP contribution in [0, 0.1) is 0 Å². The van der Waals surface area contributed by atoms with Crippen molar-refractivity contribution in [3.8, 4) is 0 Å². The Hall–Kier alpha value is -2.08. The third-order valence-electron chi connectivity index (χ3n) is 2.97. The molecule has 0 radical (unpaired) electrons. The van der Waals surface area contributed by atoms with Crippen LogP contribution >= 0.6 is 15.9 Å². The largest absolute Gasteiger partial charge is 0.298 e. The summed E-state index contributed by atoms with van der Waals surface area (Å²) in [5.74, 6) is -0.0128. The molecule has 0 aliphatic heterocycles. The Morgan fingerprint density at radius 3 is 2.52 bits per heavy atom. The van der Waals surface area contributed by atoms with Crippen LogP contribution in [0.15, 0.2) is 41.4 Å². The molecule has 110 valence electrons. The fourth-order valence-corrected chi connectivity index (χ4v) is 1.93. The molecular formula is C15H17BrN4O. The predicted molar refractivity (Wildman–Crippen MR) is 86.5 cm³/mol. The number of benzene rings is 1. The number of rotatable bonds is 5. The lowest BCUT2D eigenvalue weighted by molar-refractivity contribution is 0.0937. The highest BCUT2D eigenvalue weighted by atomic mass is 79.9. The van der Waals surface area contributed by atoms with E-state index < -0.39 is 0 Å². The van der Waals surface area contributed by atoms with E-state index in [1.54, 1.807) is 6.07 Å². The van der Waals surface area contributed by atoms with Crippen molar-refractivity contribution in [1.82, 2.24) is 21.0 Å². The zero-order chi connectivity index (χ0) is 15.4. The lowest BCUT2D eigenvalue weighted by atomic mass is 10.1. The third kappa shape index (κ3) is 3.95. The molecule has 2 rings (SSSR count). The minimum absolute atomic E-state index is 0.296. The second kappa shape index (κ2) is 6.58. The Bertz CT molecular complexity index is 646. The number of aromatic nitrogens is 2. The fraction of sp³-hybridized carbons (Fsp3) is 0.200. The van der Waals surface area contributed by atoms with Gasteiger partial charge < -0.3 is 0 Å². The molecule has 5 nitrogen and oxygen atoms in total. The fourth-order valence-electron chi connectivity index (χ4n) is 1.67. The van der Waals surface area contributed by atoms with Gasteiger partial charge in [-0.25, -0.2) is 0 Å². The van der Waals surface area contributed by atoms with E-state index in [2.05, 4.69) is 43.6 Å². The summed E-state index contributed by atoms with van der Waals surface area (Å²) in [6.45, 7) is 7.95. The van der Waals surface area contributed by atoms with Crippen LogP contribution in [0.3, 0.4) is 0 Å². The normalized spacial score (nSPS) is 10.5. The van der Waals surface area contributed by atoms with Gasteiger partial charge in [-0.2, -0.15) is 5.10 Å². The van der Waals surface area contributed by atoms with Crippen LogP contribution in [0.5, 0.6) is 0 Å². The van der Waals surface area contributed by atoms with Crippen molar-refractivity contribution in [3.05, 3.63) is 58.3 Å². The summed E-state index contributed by atoms with van der Waals surface area (Å²) in [5, 5.41) is 6.83. The maximum absolute atomic E-state index is 12.0.